The van der Waals surface area contributed by atoms with E-state index in [0.717, 1.165) is 5.56 Å². The number of rotatable bonds is 23. The zero-order valence-corrected chi connectivity index (χ0v) is 40.2. The number of methoxy groups -OCH3 is 1. The molecule has 0 aliphatic heterocycles. The normalized spacial score (nSPS) is 15.7. The van der Waals surface area contributed by atoms with Crippen molar-refractivity contribution in [3.63, 3.8) is 0 Å². The van der Waals surface area contributed by atoms with E-state index in [1.165, 1.54) is 41.7 Å². The number of esters is 1. The summed E-state index contributed by atoms with van der Waals surface area (Å²) in [6.45, 7) is 24.5. The molecule has 8 atom stereocenters. The summed E-state index contributed by atoms with van der Waals surface area (Å²) < 4.78 is 16.2. The van der Waals surface area contributed by atoms with E-state index in [0.29, 0.717) is 12.8 Å². The third kappa shape index (κ3) is 18.2. The molecule has 0 saturated heterocycles. The van der Waals surface area contributed by atoms with Crippen LogP contribution in [0.4, 0.5) is 4.79 Å². The fourth-order valence-corrected chi connectivity index (χ4v) is 6.01. The number of carbonyl (C=O) groups excluding carboxylic acids is 8. The van der Waals surface area contributed by atoms with Crippen LogP contribution in [0.15, 0.2) is 30.3 Å². The first-order valence-electron chi connectivity index (χ1n) is 21.6. The van der Waals surface area contributed by atoms with Crippen molar-refractivity contribution in [2.45, 2.75) is 176 Å². The van der Waals surface area contributed by atoms with Crippen LogP contribution in [0.3, 0.4) is 0 Å². The van der Waals surface area contributed by atoms with Gasteiger partial charge >= 0.3 is 12.1 Å². The van der Waals surface area contributed by atoms with E-state index in [-0.39, 0.29) is 12.5 Å². The molecular formula is C45H75N7O11. The molecule has 0 aliphatic carbocycles. The molecule has 0 saturated carbocycles. The van der Waals surface area contributed by atoms with Crippen molar-refractivity contribution >= 4 is 47.5 Å². The standard InChI is InChI=1S/C45H75N7O11/c1-17-26(5)32(37(55)47-31(25(3)4)38(56)52-45(14,15)41(59)61-16)49-40(58)44(12,13)51-39(57)34(29(8)62-24-30-22-20-19-21-23-30)48-35(53)28(7)46-36(54)33(27(6)18-2)50-42(60)63-43(9,10)11/h19-23,25-29,31-34H,17-18,24H2,1-16H3,(H,46,54)(H,47,55)(H,48,53)(H,49,58)(H,50,60)(H,51,57)(H,52,56)/t26-,27-,28-,29+,31-,32-,33-,34-/m0/s1. The van der Waals surface area contributed by atoms with Crippen LogP contribution in [-0.4, -0.2) is 108 Å². The number of benzene rings is 1. The smallest absolute Gasteiger partial charge is 0.408 e. The Morgan fingerprint density at radius 1 is 0.571 bits per heavy atom. The van der Waals surface area contributed by atoms with Gasteiger partial charge in [-0.25, -0.2) is 9.59 Å². The molecule has 0 spiro atoms. The average Bonchev–Trinajstić information content (AvgIpc) is 3.19. The second kappa shape index (κ2) is 24.5. The summed E-state index contributed by atoms with van der Waals surface area (Å²) in [5.41, 5.74) is -3.09. The van der Waals surface area contributed by atoms with Gasteiger partial charge in [-0.2, -0.15) is 0 Å². The quantitative estimate of drug-likeness (QED) is 0.0787. The van der Waals surface area contributed by atoms with E-state index in [1.54, 1.807) is 55.4 Å². The molecule has 0 bridgehead atoms. The van der Waals surface area contributed by atoms with Crippen molar-refractivity contribution in [3.8, 4) is 0 Å². The van der Waals surface area contributed by atoms with Crippen molar-refractivity contribution in [1.29, 1.82) is 0 Å². The number of hydrogen-bond acceptors (Lipinski definition) is 11. The number of ether oxygens (including phenoxy) is 3. The van der Waals surface area contributed by atoms with Gasteiger partial charge in [-0.3, -0.25) is 28.8 Å². The zero-order valence-electron chi connectivity index (χ0n) is 40.2. The lowest BCUT2D eigenvalue weighted by atomic mass is 9.94. The minimum Gasteiger partial charge on any atom is -0.467 e. The molecule has 1 aromatic carbocycles. The zero-order chi connectivity index (χ0) is 48.6. The van der Waals surface area contributed by atoms with Gasteiger partial charge in [-0.15, -0.1) is 0 Å². The average molecular weight is 890 g/mol. The van der Waals surface area contributed by atoms with Crippen LogP contribution < -0.4 is 37.2 Å². The molecule has 63 heavy (non-hydrogen) atoms. The number of carbonyl (C=O) groups is 8. The minimum atomic E-state index is -1.68. The Morgan fingerprint density at radius 3 is 1.54 bits per heavy atom. The SMILES string of the molecule is CC[C@H](C)[C@H](NC(=O)OC(C)(C)C)C(=O)N[C@@H](C)C(=O)N[C@H](C(=O)NC(C)(C)C(=O)N[C@H](C(=O)N[C@H](C(=O)NC(C)(C)C(=O)OC)C(C)C)[C@@H](C)CC)[C@@H](C)OCc1ccccc1. The molecule has 0 fully saturated rings. The van der Waals surface area contributed by atoms with Crippen molar-refractivity contribution in [1.82, 2.24) is 37.2 Å². The number of nitrogens with one attached hydrogen (secondary N) is 7. The maximum atomic E-state index is 14.2. The van der Waals surface area contributed by atoms with Crippen molar-refractivity contribution in [2.24, 2.45) is 17.8 Å². The molecule has 0 aromatic heterocycles. The third-order valence-electron chi connectivity index (χ3n) is 10.5. The van der Waals surface area contributed by atoms with Crippen LogP contribution in [0.2, 0.25) is 0 Å². The summed E-state index contributed by atoms with van der Waals surface area (Å²) in [6.07, 6.45) is -0.800. The molecule has 18 nitrogen and oxygen atoms in total. The molecule has 0 radical (unpaired) electrons. The molecule has 7 N–H and O–H groups in total. The summed E-state index contributed by atoms with van der Waals surface area (Å²) in [5, 5.41) is 18.6. The van der Waals surface area contributed by atoms with Gasteiger partial charge in [0.25, 0.3) is 0 Å². The molecule has 18 heteroatoms. The Kier molecular flexibility index (Phi) is 21.7. The first-order valence-corrected chi connectivity index (χ1v) is 21.6. The fourth-order valence-electron chi connectivity index (χ4n) is 6.01. The van der Waals surface area contributed by atoms with E-state index in [4.69, 9.17) is 14.2 Å². The Morgan fingerprint density at radius 2 is 1.05 bits per heavy atom. The molecular weight excluding hydrogens is 815 g/mol. The molecule has 356 valence electrons. The van der Waals surface area contributed by atoms with E-state index in [2.05, 4.69) is 37.2 Å². The van der Waals surface area contributed by atoms with Crippen LogP contribution in [-0.2, 0) is 54.4 Å². The highest BCUT2D eigenvalue weighted by Crippen LogP contribution is 2.16. The van der Waals surface area contributed by atoms with E-state index in [9.17, 15) is 38.4 Å². The first-order chi connectivity index (χ1) is 29.0. The third-order valence-corrected chi connectivity index (χ3v) is 10.5. The molecule has 7 amide bonds. The predicted octanol–water partition coefficient (Wildman–Crippen LogP) is 3.15. The summed E-state index contributed by atoms with van der Waals surface area (Å²) in [4.78, 5) is 107. The monoisotopic (exact) mass is 890 g/mol. The van der Waals surface area contributed by atoms with Gasteiger partial charge in [0.15, 0.2) is 0 Å². The Hall–Kier alpha value is -5.26. The number of amides is 7. The van der Waals surface area contributed by atoms with Crippen LogP contribution in [0.5, 0.6) is 0 Å². The van der Waals surface area contributed by atoms with Gasteiger partial charge in [-0.1, -0.05) is 84.7 Å². The topological polar surface area (TPSA) is 248 Å². The van der Waals surface area contributed by atoms with Crippen molar-refractivity contribution < 1.29 is 52.6 Å². The summed E-state index contributed by atoms with van der Waals surface area (Å²) >= 11 is 0. The maximum absolute atomic E-state index is 14.2. The summed E-state index contributed by atoms with van der Waals surface area (Å²) in [7, 11) is 1.19. The first kappa shape index (κ1) is 55.8. The highest BCUT2D eigenvalue weighted by molar-refractivity contribution is 5.99. The summed E-state index contributed by atoms with van der Waals surface area (Å²) in [5.74, 6) is -6.11. The molecule has 1 rings (SSSR count). The summed E-state index contributed by atoms with van der Waals surface area (Å²) in [6, 6.07) is 3.25. The van der Waals surface area contributed by atoms with Gasteiger partial charge in [0.1, 0.15) is 46.9 Å². The van der Waals surface area contributed by atoms with Crippen LogP contribution in [0, 0.1) is 17.8 Å². The van der Waals surface area contributed by atoms with E-state index in [1.807, 2.05) is 44.2 Å². The largest absolute Gasteiger partial charge is 0.467 e. The highest BCUT2D eigenvalue weighted by Gasteiger charge is 2.41. The van der Waals surface area contributed by atoms with Crippen molar-refractivity contribution in [2.75, 3.05) is 7.11 Å². The lowest BCUT2D eigenvalue weighted by Crippen LogP contribution is -2.65. The second-order valence-electron chi connectivity index (χ2n) is 18.5. The lowest BCUT2D eigenvalue weighted by Gasteiger charge is -2.34. The maximum Gasteiger partial charge on any atom is 0.408 e. The fraction of sp³-hybridized carbons (Fsp3) is 0.689. The Bertz CT molecular complexity index is 1730. The Labute approximate surface area is 373 Å². The predicted molar refractivity (Wildman–Crippen MR) is 237 cm³/mol. The number of hydrogen-bond donors (Lipinski definition) is 7. The highest BCUT2D eigenvalue weighted by atomic mass is 16.6. The van der Waals surface area contributed by atoms with Crippen molar-refractivity contribution in [3.05, 3.63) is 35.9 Å². The second-order valence-corrected chi connectivity index (χ2v) is 18.5. The van der Waals surface area contributed by atoms with Gasteiger partial charge in [0.05, 0.1) is 19.8 Å². The minimum absolute atomic E-state index is 0.0754. The molecule has 0 heterocycles. The van der Waals surface area contributed by atoms with Crippen LogP contribution >= 0.6 is 0 Å². The Balaban J connectivity index is 3.36. The molecule has 0 aliphatic rings. The van der Waals surface area contributed by atoms with E-state index >= 15 is 0 Å². The lowest BCUT2D eigenvalue weighted by molar-refractivity contribution is -0.150. The van der Waals surface area contributed by atoms with Gasteiger partial charge in [0, 0.05) is 0 Å². The van der Waals surface area contributed by atoms with Crippen LogP contribution in [0.1, 0.15) is 122 Å². The van der Waals surface area contributed by atoms with Gasteiger partial charge in [-0.05, 0) is 85.6 Å². The van der Waals surface area contributed by atoms with E-state index < -0.39 is 112 Å². The van der Waals surface area contributed by atoms with Gasteiger partial charge in [0.2, 0.25) is 35.4 Å². The molecule has 1 aromatic rings. The van der Waals surface area contributed by atoms with Crippen LogP contribution in [0.25, 0.3) is 0 Å². The van der Waals surface area contributed by atoms with Gasteiger partial charge < -0.3 is 51.4 Å². The molecule has 0 unspecified atom stereocenters. The number of alkyl carbamates (subject to hydrolysis) is 1.